The van der Waals surface area contributed by atoms with Crippen LogP contribution in [0.4, 0.5) is 5.82 Å². The number of carbonyl (C=O) groups excluding carboxylic acids is 2. The lowest BCUT2D eigenvalue weighted by Gasteiger charge is -2.23. The Labute approximate surface area is 232 Å². The molecule has 0 radical (unpaired) electrons. The number of halogens is 1. The first-order valence-corrected chi connectivity index (χ1v) is 13.6. The summed E-state index contributed by atoms with van der Waals surface area (Å²) >= 11 is 5.95. The molecule has 0 aliphatic heterocycles. The Morgan fingerprint density at radius 3 is 2.56 bits per heavy atom. The molecule has 0 fully saturated rings. The first kappa shape index (κ1) is 28.2. The van der Waals surface area contributed by atoms with Crippen molar-refractivity contribution in [2.45, 2.75) is 45.7 Å². The summed E-state index contributed by atoms with van der Waals surface area (Å²) < 4.78 is 12.2. The Morgan fingerprint density at radius 1 is 1.08 bits per heavy atom. The van der Waals surface area contributed by atoms with E-state index in [1.165, 1.54) is 7.11 Å². The molecule has 206 valence electrons. The number of amides is 1. The number of benzene rings is 2. The molecule has 0 unspecified atom stereocenters. The highest BCUT2D eigenvalue weighted by Crippen LogP contribution is 2.29. The third-order valence-corrected chi connectivity index (χ3v) is 6.83. The number of unbranched alkanes of at least 4 members (excludes halogenated alkanes) is 1. The van der Waals surface area contributed by atoms with Gasteiger partial charge in [0.05, 0.1) is 18.1 Å². The van der Waals surface area contributed by atoms with Crippen LogP contribution in [-0.2, 0) is 33.8 Å². The number of pyridine rings is 1. The van der Waals surface area contributed by atoms with Crippen LogP contribution in [0.2, 0.25) is 0 Å². The number of methoxy groups -OCH3 is 1. The maximum Gasteiger partial charge on any atom is 0.343 e. The van der Waals surface area contributed by atoms with Crippen LogP contribution in [0.1, 0.15) is 37.6 Å². The summed E-state index contributed by atoms with van der Waals surface area (Å²) in [6.45, 7) is 3.61. The van der Waals surface area contributed by atoms with Gasteiger partial charge in [0.15, 0.2) is 12.4 Å². The smallest absolute Gasteiger partial charge is 0.343 e. The highest BCUT2D eigenvalue weighted by Gasteiger charge is 2.18. The van der Waals surface area contributed by atoms with Gasteiger partial charge >= 0.3 is 5.97 Å². The van der Waals surface area contributed by atoms with E-state index in [0.29, 0.717) is 37.6 Å². The summed E-state index contributed by atoms with van der Waals surface area (Å²) in [6.07, 6.45) is 3.63. The maximum absolute atomic E-state index is 12.7. The highest BCUT2D eigenvalue weighted by atomic mass is 35.5. The minimum Gasteiger partial charge on any atom is -0.482 e. The molecule has 0 saturated heterocycles. The van der Waals surface area contributed by atoms with E-state index in [-0.39, 0.29) is 18.4 Å². The van der Waals surface area contributed by atoms with Crippen LogP contribution < -0.4 is 10.5 Å². The lowest BCUT2D eigenvalue weighted by atomic mass is 10.1. The van der Waals surface area contributed by atoms with Crippen molar-refractivity contribution in [3.8, 4) is 5.75 Å². The highest BCUT2D eigenvalue weighted by molar-refractivity contribution is 6.27. The van der Waals surface area contributed by atoms with Gasteiger partial charge in [0, 0.05) is 31.4 Å². The lowest BCUT2D eigenvalue weighted by Crippen LogP contribution is -2.33. The van der Waals surface area contributed by atoms with Gasteiger partial charge in [-0.05, 0) is 36.6 Å². The molecule has 39 heavy (non-hydrogen) atoms. The van der Waals surface area contributed by atoms with Gasteiger partial charge in [0.2, 0.25) is 5.91 Å². The predicted octanol–water partition coefficient (Wildman–Crippen LogP) is 4.72. The molecule has 4 rings (SSSR count). The Bertz CT molecular complexity index is 1440. The minimum absolute atomic E-state index is 0.0943. The fourth-order valence-electron chi connectivity index (χ4n) is 4.58. The molecule has 0 aliphatic rings. The third-order valence-electron chi connectivity index (χ3n) is 6.60. The van der Waals surface area contributed by atoms with E-state index in [1.54, 1.807) is 17.0 Å². The summed E-state index contributed by atoms with van der Waals surface area (Å²) in [7, 11) is 1.31. The molecule has 0 atom stereocenters. The molecule has 2 aromatic carbocycles. The van der Waals surface area contributed by atoms with E-state index in [1.807, 2.05) is 36.4 Å². The molecule has 10 heteroatoms. The van der Waals surface area contributed by atoms with Crippen LogP contribution >= 0.6 is 11.6 Å². The topological polar surface area (TPSA) is 113 Å². The zero-order valence-electron chi connectivity index (χ0n) is 22.4. The van der Waals surface area contributed by atoms with Crippen LogP contribution in [0.15, 0.2) is 48.5 Å². The molecule has 9 nitrogen and oxygen atoms in total. The van der Waals surface area contributed by atoms with E-state index >= 15 is 0 Å². The Hall–Kier alpha value is -3.85. The summed E-state index contributed by atoms with van der Waals surface area (Å²) in [4.78, 5) is 35.2. The van der Waals surface area contributed by atoms with Gasteiger partial charge < -0.3 is 24.7 Å². The van der Waals surface area contributed by atoms with Crippen LogP contribution in [0.5, 0.6) is 5.75 Å². The maximum atomic E-state index is 12.7. The summed E-state index contributed by atoms with van der Waals surface area (Å²) in [6, 6.07) is 15.2. The quantitative estimate of drug-likeness (QED) is 0.189. The first-order chi connectivity index (χ1) is 18.9. The lowest BCUT2D eigenvalue weighted by molar-refractivity contribution is -0.142. The van der Waals surface area contributed by atoms with Crippen LogP contribution in [-0.4, -0.2) is 57.5 Å². The number of fused-ring (bicyclic) bond motifs is 3. The van der Waals surface area contributed by atoms with Crippen LogP contribution in [0, 0.1) is 0 Å². The molecule has 4 aromatic rings. The monoisotopic (exact) mass is 551 g/mol. The fourth-order valence-corrected chi connectivity index (χ4v) is 4.75. The number of aryl methyl sites for hydroxylation is 2. The van der Waals surface area contributed by atoms with Crippen LogP contribution in [0.3, 0.4) is 0 Å². The van der Waals surface area contributed by atoms with Crippen molar-refractivity contribution in [3.05, 3.63) is 59.9 Å². The number of nitrogens with two attached hydrogens (primary N) is 1. The Kier molecular flexibility index (Phi) is 9.59. The number of esters is 1. The van der Waals surface area contributed by atoms with E-state index in [2.05, 4.69) is 21.2 Å². The van der Waals surface area contributed by atoms with Crippen molar-refractivity contribution in [1.82, 2.24) is 19.4 Å². The number of ether oxygens (including phenoxy) is 2. The molecular weight excluding hydrogens is 518 g/mol. The largest absolute Gasteiger partial charge is 0.482 e. The fraction of sp³-hybridized carbons (Fsp3) is 0.379. The van der Waals surface area contributed by atoms with Gasteiger partial charge in [0.25, 0.3) is 0 Å². The van der Waals surface area contributed by atoms with Crippen LogP contribution in [0.25, 0.3) is 21.9 Å². The standard InChI is InChI=1S/C29H34ClN5O4/c1-3-4-10-24-33-27-28(22-8-5-6-9-23(22)32-29(27)31)35(24)16-7-15-34(25(36)17-30)18-20-11-13-21(14-12-20)39-19-26(37)38-2/h5-6,8-9,11-14H,3-4,7,10,15-19H2,1-2H3,(H2,31,32). The first-order valence-electron chi connectivity index (χ1n) is 13.1. The predicted molar refractivity (Wildman–Crippen MR) is 153 cm³/mol. The number of rotatable bonds is 13. The normalized spacial score (nSPS) is 11.2. The van der Waals surface area contributed by atoms with Crippen molar-refractivity contribution in [2.75, 3.05) is 31.9 Å². The van der Waals surface area contributed by atoms with Crippen molar-refractivity contribution < 1.29 is 19.1 Å². The minimum atomic E-state index is -0.451. The average molecular weight is 552 g/mol. The van der Waals surface area contributed by atoms with Crippen molar-refractivity contribution in [3.63, 3.8) is 0 Å². The third kappa shape index (κ3) is 6.78. The molecule has 2 heterocycles. The van der Waals surface area contributed by atoms with Crippen molar-refractivity contribution in [2.24, 2.45) is 0 Å². The zero-order chi connectivity index (χ0) is 27.8. The van der Waals surface area contributed by atoms with Gasteiger partial charge in [-0.25, -0.2) is 14.8 Å². The van der Waals surface area contributed by atoms with Gasteiger partial charge in [-0.1, -0.05) is 43.7 Å². The number of nitrogens with zero attached hydrogens (tertiary/aromatic N) is 4. The molecule has 2 N–H and O–H groups in total. The number of alkyl halides is 1. The Morgan fingerprint density at radius 2 is 1.85 bits per heavy atom. The van der Waals surface area contributed by atoms with Gasteiger partial charge in [0.1, 0.15) is 23.0 Å². The Balaban J connectivity index is 1.51. The summed E-state index contributed by atoms with van der Waals surface area (Å²) in [5.41, 5.74) is 9.80. The van der Waals surface area contributed by atoms with E-state index in [9.17, 15) is 9.59 Å². The molecule has 1 amide bonds. The average Bonchev–Trinajstić information content (AvgIpc) is 3.33. The second-order valence-electron chi connectivity index (χ2n) is 9.31. The summed E-state index contributed by atoms with van der Waals surface area (Å²) in [5.74, 6) is 1.28. The molecule has 0 aliphatic carbocycles. The molecule has 0 saturated carbocycles. The molecule has 2 aromatic heterocycles. The molecule has 0 bridgehead atoms. The number of imidazole rings is 1. The molecule has 0 spiro atoms. The van der Waals surface area contributed by atoms with E-state index in [4.69, 9.17) is 27.1 Å². The number of carbonyl (C=O) groups is 2. The number of hydrogen-bond acceptors (Lipinski definition) is 7. The second kappa shape index (κ2) is 13.3. The summed E-state index contributed by atoms with van der Waals surface area (Å²) in [5, 5.41) is 1.01. The van der Waals surface area contributed by atoms with Gasteiger partial charge in [-0.3, -0.25) is 4.79 Å². The van der Waals surface area contributed by atoms with Crippen molar-refractivity contribution in [1.29, 1.82) is 0 Å². The zero-order valence-corrected chi connectivity index (χ0v) is 23.1. The number of hydrogen-bond donors (Lipinski definition) is 1. The molecular formula is C29H34ClN5O4. The number of nitrogen functional groups attached to an aromatic ring is 1. The second-order valence-corrected chi connectivity index (χ2v) is 9.57. The van der Waals surface area contributed by atoms with E-state index < -0.39 is 5.97 Å². The SMILES string of the molecule is CCCCc1nc2c(N)nc3ccccc3c2n1CCCN(Cc1ccc(OCC(=O)OC)cc1)C(=O)CCl. The van der Waals surface area contributed by atoms with Gasteiger partial charge in [-0.2, -0.15) is 0 Å². The van der Waals surface area contributed by atoms with E-state index in [0.717, 1.165) is 52.6 Å². The van der Waals surface area contributed by atoms with Gasteiger partial charge in [-0.15, -0.1) is 11.6 Å². The number of anilines is 1. The number of aromatic nitrogens is 3. The number of para-hydroxylation sites is 1. The van der Waals surface area contributed by atoms with Crippen molar-refractivity contribution >= 4 is 51.2 Å².